The summed E-state index contributed by atoms with van der Waals surface area (Å²) in [5.41, 5.74) is 0. The third-order valence-electron chi connectivity index (χ3n) is 4.34. The van der Waals surface area contributed by atoms with Crippen LogP contribution < -0.4 is 10.6 Å². The number of hydrogen-bond donors (Lipinski definition) is 2. The van der Waals surface area contributed by atoms with Gasteiger partial charge in [0.05, 0.1) is 10.4 Å². The van der Waals surface area contributed by atoms with Crippen molar-refractivity contribution >= 4 is 29.0 Å². The molecule has 7 heteroatoms. The van der Waals surface area contributed by atoms with Crippen molar-refractivity contribution in [3.8, 4) is 0 Å². The first kappa shape index (κ1) is 15.1. The minimum atomic E-state index is -0.259. The lowest BCUT2D eigenvalue weighted by Crippen LogP contribution is -2.42. The van der Waals surface area contributed by atoms with Crippen molar-refractivity contribution in [1.29, 1.82) is 0 Å². The molecular formula is C16H16FN3OS2. The van der Waals surface area contributed by atoms with Gasteiger partial charge >= 0.3 is 0 Å². The molecule has 4 rings (SSSR count). The highest BCUT2D eigenvalue weighted by Crippen LogP contribution is 2.34. The van der Waals surface area contributed by atoms with Gasteiger partial charge in [-0.1, -0.05) is 23.9 Å². The number of halogens is 1. The number of fused-ring (bicyclic) bond motifs is 2. The summed E-state index contributed by atoms with van der Waals surface area (Å²) < 4.78 is 14.5. The molecule has 3 heterocycles. The lowest BCUT2D eigenvalue weighted by molar-refractivity contribution is 0.0930. The second-order valence-corrected chi connectivity index (χ2v) is 8.25. The molecule has 0 radical (unpaired) electrons. The highest BCUT2D eigenvalue weighted by molar-refractivity contribution is 8.01. The number of thiazole rings is 1. The molecule has 2 aliphatic rings. The molecule has 3 atom stereocenters. The van der Waals surface area contributed by atoms with E-state index in [0.717, 1.165) is 17.1 Å². The van der Waals surface area contributed by atoms with Gasteiger partial charge in [-0.2, -0.15) is 0 Å². The van der Waals surface area contributed by atoms with Crippen LogP contribution in [0.5, 0.6) is 0 Å². The first-order valence-corrected chi connectivity index (χ1v) is 9.27. The fourth-order valence-corrected chi connectivity index (χ4v) is 5.12. The number of nitrogens with one attached hydrogen (secondary N) is 2. The molecule has 2 aromatic rings. The van der Waals surface area contributed by atoms with Gasteiger partial charge in [0.2, 0.25) is 0 Å². The zero-order valence-corrected chi connectivity index (χ0v) is 13.9. The van der Waals surface area contributed by atoms with E-state index in [1.807, 2.05) is 0 Å². The third kappa shape index (κ3) is 3.13. The Kier molecular flexibility index (Phi) is 4.09. The van der Waals surface area contributed by atoms with Gasteiger partial charge in [0.1, 0.15) is 5.82 Å². The molecule has 3 unspecified atom stereocenters. The first-order valence-electron chi connectivity index (χ1n) is 7.64. The molecule has 1 aromatic carbocycles. The van der Waals surface area contributed by atoms with Crippen molar-refractivity contribution in [3.63, 3.8) is 0 Å². The zero-order valence-electron chi connectivity index (χ0n) is 12.3. The van der Waals surface area contributed by atoms with Crippen molar-refractivity contribution in [1.82, 2.24) is 15.6 Å². The van der Waals surface area contributed by atoms with Gasteiger partial charge in [0, 0.05) is 23.0 Å². The minimum Gasteiger partial charge on any atom is -0.346 e. The summed E-state index contributed by atoms with van der Waals surface area (Å²) in [5, 5.41) is 7.02. The predicted molar refractivity (Wildman–Crippen MR) is 88.5 cm³/mol. The van der Waals surface area contributed by atoms with Gasteiger partial charge in [0.15, 0.2) is 5.01 Å². The van der Waals surface area contributed by atoms with Crippen LogP contribution in [0.25, 0.3) is 0 Å². The fraction of sp³-hybridized carbons (Fsp3) is 0.375. The van der Waals surface area contributed by atoms with E-state index in [2.05, 4.69) is 15.6 Å². The number of carbonyl (C=O) groups excluding carboxylic acids is 1. The van der Waals surface area contributed by atoms with E-state index in [1.54, 1.807) is 24.4 Å². The van der Waals surface area contributed by atoms with Crippen LogP contribution in [0.15, 0.2) is 39.6 Å². The minimum absolute atomic E-state index is 0.130. The van der Waals surface area contributed by atoms with Crippen molar-refractivity contribution < 1.29 is 9.18 Å². The molecule has 4 nitrogen and oxygen atoms in total. The summed E-state index contributed by atoms with van der Waals surface area (Å²) >= 11 is 2.60. The molecule has 1 aromatic heterocycles. The van der Waals surface area contributed by atoms with Gasteiger partial charge in [-0.15, -0.1) is 11.3 Å². The van der Waals surface area contributed by atoms with E-state index in [1.165, 1.54) is 35.6 Å². The van der Waals surface area contributed by atoms with Gasteiger partial charge in [-0.3, -0.25) is 4.79 Å². The average Bonchev–Trinajstić information content (AvgIpc) is 3.26. The van der Waals surface area contributed by atoms with E-state index < -0.39 is 0 Å². The Morgan fingerprint density at radius 2 is 2.26 bits per heavy atom. The quantitative estimate of drug-likeness (QED) is 0.891. The van der Waals surface area contributed by atoms with Crippen molar-refractivity contribution in [2.75, 3.05) is 0 Å². The number of carbonyl (C=O) groups is 1. The Bertz CT molecular complexity index is 736. The molecule has 2 fully saturated rings. The SMILES string of the molecule is O=C(NC1CC2CCC1N2)c1ncc(Sc2ccccc2F)s1. The number of aromatic nitrogens is 1. The Morgan fingerprint density at radius 3 is 3.00 bits per heavy atom. The molecule has 0 aliphatic carbocycles. The highest BCUT2D eigenvalue weighted by Gasteiger charge is 2.39. The predicted octanol–water partition coefficient (Wildman–Crippen LogP) is 3.06. The van der Waals surface area contributed by atoms with E-state index in [0.29, 0.717) is 22.0 Å². The van der Waals surface area contributed by atoms with Crippen LogP contribution in [0.2, 0.25) is 0 Å². The second kappa shape index (κ2) is 6.22. The van der Waals surface area contributed by atoms with Crippen LogP contribution in [-0.2, 0) is 0 Å². The van der Waals surface area contributed by atoms with E-state index in [4.69, 9.17) is 0 Å². The lowest BCUT2D eigenvalue weighted by Gasteiger charge is -2.20. The van der Waals surface area contributed by atoms with Crippen LogP contribution in [0.3, 0.4) is 0 Å². The molecule has 120 valence electrons. The van der Waals surface area contributed by atoms with Crippen LogP contribution in [0.4, 0.5) is 4.39 Å². The number of amides is 1. The van der Waals surface area contributed by atoms with Gasteiger partial charge in [-0.05, 0) is 31.4 Å². The average molecular weight is 349 g/mol. The molecule has 0 spiro atoms. The van der Waals surface area contributed by atoms with Crippen molar-refractivity contribution in [2.45, 2.75) is 46.5 Å². The molecule has 2 N–H and O–H groups in total. The molecule has 0 saturated carbocycles. The maximum atomic E-state index is 13.7. The number of nitrogens with zero attached hydrogens (tertiary/aromatic N) is 1. The number of hydrogen-bond acceptors (Lipinski definition) is 5. The number of rotatable bonds is 4. The van der Waals surface area contributed by atoms with Crippen molar-refractivity contribution in [2.24, 2.45) is 0 Å². The van der Waals surface area contributed by atoms with E-state index >= 15 is 0 Å². The normalized spacial score (nSPS) is 25.7. The first-order chi connectivity index (χ1) is 11.2. The van der Waals surface area contributed by atoms with Crippen LogP contribution in [0.1, 0.15) is 29.1 Å². The largest absolute Gasteiger partial charge is 0.346 e. The second-order valence-electron chi connectivity index (χ2n) is 5.88. The van der Waals surface area contributed by atoms with Crippen molar-refractivity contribution in [3.05, 3.63) is 41.3 Å². The monoisotopic (exact) mass is 349 g/mol. The summed E-state index contributed by atoms with van der Waals surface area (Å²) in [4.78, 5) is 17.1. The fourth-order valence-electron chi connectivity index (χ4n) is 3.26. The van der Waals surface area contributed by atoms with Gasteiger partial charge in [-0.25, -0.2) is 9.37 Å². The van der Waals surface area contributed by atoms with E-state index in [-0.39, 0.29) is 17.8 Å². The Morgan fingerprint density at radius 1 is 1.39 bits per heavy atom. The molecule has 2 bridgehead atoms. The molecular weight excluding hydrogens is 333 g/mol. The Balaban J connectivity index is 1.41. The summed E-state index contributed by atoms with van der Waals surface area (Å²) in [6, 6.07) is 7.76. The highest BCUT2D eigenvalue weighted by atomic mass is 32.2. The lowest BCUT2D eigenvalue weighted by atomic mass is 9.95. The van der Waals surface area contributed by atoms with Crippen LogP contribution in [-0.4, -0.2) is 29.0 Å². The van der Waals surface area contributed by atoms with E-state index in [9.17, 15) is 9.18 Å². The van der Waals surface area contributed by atoms with Gasteiger partial charge in [0.25, 0.3) is 5.91 Å². The molecule has 23 heavy (non-hydrogen) atoms. The number of benzene rings is 1. The molecule has 2 saturated heterocycles. The summed E-state index contributed by atoms with van der Waals surface area (Å²) in [6.45, 7) is 0. The summed E-state index contributed by atoms with van der Waals surface area (Å²) in [5.74, 6) is -0.389. The molecule has 1 amide bonds. The van der Waals surface area contributed by atoms with Crippen LogP contribution in [0, 0.1) is 5.82 Å². The summed E-state index contributed by atoms with van der Waals surface area (Å²) in [6.07, 6.45) is 4.97. The summed E-state index contributed by atoms with van der Waals surface area (Å²) in [7, 11) is 0. The topological polar surface area (TPSA) is 54.0 Å². The smallest absolute Gasteiger partial charge is 0.280 e. The maximum absolute atomic E-state index is 13.7. The molecule has 2 aliphatic heterocycles. The Labute approximate surface area is 141 Å². The Hall–Kier alpha value is -1.44. The third-order valence-corrected chi connectivity index (χ3v) is 6.49. The zero-order chi connectivity index (χ0) is 15.8. The van der Waals surface area contributed by atoms with Gasteiger partial charge < -0.3 is 10.6 Å². The van der Waals surface area contributed by atoms with Crippen LogP contribution >= 0.6 is 23.1 Å². The maximum Gasteiger partial charge on any atom is 0.280 e. The standard InChI is InChI=1S/C16H16FN3OS2/c17-10-3-1-2-4-13(10)22-14-8-18-16(23-14)15(21)20-12-7-9-5-6-11(12)19-9/h1-4,8-9,11-12,19H,5-7H2,(H,20,21).